The number of ketones is 2. The van der Waals surface area contributed by atoms with Crippen LogP contribution in [0.25, 0.3) is 0 Å². The van der Waals surface area contributed by atoms with Crippen LogP contribution in [-0.2, 0) is 9.59 Å². The summed E-state index contributed by atoms with van der Waals surface area (Å²) in [6.07, 6.45) is 0.130. The van der Waals surface area contributed by atoms with Gasteiger partial charge in [0.15, 0.2) is 0 Å². The number of carbonyl (C=O) groups excluding carboxylic acids is 2. The molecule has 43 valence electrons. The number of hydrogen-bond donors (Lipinski definition) is 0. The van der Waals surface area contributed by atoms with Crippen molar-refractivity contribution in [2.75, 3.05) is 0 Å². The summed E-state index contributed by atoms with van der Waals surface area (Å²) in [5.41, 5.74) is 0. The Morgan fingerprint density at radius 1 is 1.50 bits per heavy atom. The number of carbonyl (C=O) groups is 2. The third-order valence-corrected chi connectivity index (χ3v) is 1.77. The molecule has 0 bridgehead atoms. The van der Waals surface area contributed by atoms with Gasteiger partial charge in [-0.05, 0) is 0 Å². The summed E-state index contributed by atoms with van der Waals surface area (Å²) < 4.78 is 0.562. The molecule has 3 heteroatoms. The van der Waals surface area contributed by atoms with E-state index in [1.807, 2.05) is 0 Å². The Morgan fingerprint density at radius 2 is 2.00 bits per heavy atom. The van der Waals surface area contributed by atoms with Gasteiger partial charge in [0.25, 0.3) is 0 Å². The zero-order valence-corrected chi connectivity index (χ0v) is 7.58. The second kappa shape index (κ2) is 4.06. The summed E-state index contributed by atoms with van der Waals surface area (Å²) >= 11 is 1.19. The summed E-state index contributed by atoms with van der Waals surface area (Å²) in [5, 5.41) is 0. The van der Waals surface area contributed by atoms with Crippen LogP contribution in [0.3, 0.4) is 0 Å². The first-order chi connectivity index (χ1) is 3.66. The number of rotatable bonds is 3. The van der Waals surface area contributed by atoms with E-state index in [0.29, 0.717) is 4.44 Å². The Balaban J connectivity index is 3.40. The maximum atomic E-state index is 10.4. The Bertz CT molecular complexity index is 109. The zero-order chi connectivity index (χ0) is 6.57. The quantitative estimate of drug-likeness (QED) is 0.497. The minimum absolute atomic E-state index is 0.0302. The molecule has 0 N–H and O–H groups in total. The van der Waals surface area contributed by atoms with Gasteiger partial charge in [0.2, 0.25) is 0 Å². The second-order valence-corrected chi connectivity index (χ2v) is 2.60. The van der Waals surface area contributed by atoms with Gasteiger partial charge in [-0.3, -0.25) is 0 Å². The van der Waals surface area contributed by atoms with Crippen molar-refractivity contribution in [1.29, 1.82) is 0 Å². The Hall–Kier alpha value is 0.139. The Labute approximate surface area is 61.7 Å². The first-order valence-electron chi connectivity index (χ1n) is 2.32. The third kappa shape index (κ3) is 4.30. The van der Waals surface area contributed by atoms with E-state index in [1.165, 1.54) is 29.4 Å². The van der Waals surface area contributed by atoms with Crippen LogP contribution in [0, 0.1) is 0 Å². The Kier molecular flexibility index (Phi) is 4.13. The van der Waals surface area contributed by atoms with E-state index >= 15 is 0 Å². The molecule has 0 fully saturated rings. The summed E-state index contributed by atoms with van der Waals surface area (Å²) in [6.45, 7) is 1.43. The molecule has 8 heavy (non-hydrogen) atoms. The van der Waals surface area contributed by atoms with E-state index in [0.717, 1.165) is 0 Å². The molecule has 0 aromatic carbocycles. The van der Waals surface area contributed by atoms with Crippen molar-refractivity contribution in [3.63, 3.8) is 0 Å². The van der Waals surface area contributed by atoms with Crippen molar-refractivity contribution in [3.05, 3.63) is 0 Å². The SMILES string of the molecule is CC(=O)CC(=O)[CH2][Sn]. The first-order valence-corrected chi connectivity index (χ1v) is 4.34. The predicted octanol–water partition coefficient (Wildman–Crippen LogP) is 0.121. The van der Waals surface area contributed by atoms with Crippen LogP contribution in [0.4, 0.5) is 0 Å². The van der Waals surface area contributed by atoms with Crippen LogP contribution >= 0.6 is 0 Å². The average Bonchev–Trinajstić information content (AvgIpc) is 1.65. The van der Waals surface area contributed by atoms with Gasteiger partial charge in [-0.15, -0.1) is 0 Å². The second-order valence-electron chi connectivity index (χ2n) is 1.59. The fourth-order valence-corrected chi connectivity index (χ4v) is 0.697. The maximum absolute atomic E-state index is 10.4. The molecule has 0 aliphatic heterocycles. The van der Waals surface area contributed by atoms with Crippen molar-refractivity contribution >= 4 is 34.1 Å². The van der Waals surface area contributed by atoms with Crippen molar-refractivity contribution < 1.29 is 9.59 Å². The molecule has 0 aromatic heterocycles. The van der Waals surface area contributed by atoms with E-state index in [2.05, 4.69) is 0 Å². The topological polar surface area (TPSA) is 34.1 Å². The molecule has 0 saturated heterocycles. The van der Waals surface area contributed by atoms with Gasteiger partial charge in [-0.2, -0.15) is 0 Å². The van der Waals surface area contributed by atoms with Gasteiger partial charge < -0.3 is 0 Å². The van der Waals surface area contributed by atoms with E-state index in [-0.39, 0.29) is 18.0 Å². The third-order valence-electron chi connectivity index (χ3n) is 0.643. The van der Waals surface area contributed by atoms with Crippen molar-refractivity contribution in [2.45, 2.75) is 17.8 Å². The van der Waals surface area contributed by atoms with Crippen LogP contribution in [0.15, 0.2) is 0 Å². The molecule has 0 aromatic rings. The predicted molar refractivity (Wildman–Crippen MR) is 30.9 cm³/mol. The molecule has 3 radical (unpaired) electrons. The van der Waals surface area contributed by atoms with Crippen LogP contribution < -0.4 is 0 Å². The average molecular weight is 218 g/mol. The molecule has 0 spiro atoms. The van der Waals surface area contributed by atoms with Crippen LogP contribution in [0.2, 0.25) is 4.44 Å². The molecule has 0 aliphatic rings. The fraction of sp³-hybridized carbons (Fsp3) is 0.600. The molecule has 0 atom stereocenters. The molecule has 0 amide bonds. The van der Waals surface area contributed by atoms with Gasteiger partial charge in [0.1, 0.15) is 0 Å². The molecule has 0 rings (SSSR count). The number of Topliss-reactive ketones (excluding diaryl/α,β-unsaturated/α-hetero) is 2. The molecule has 0 saturated carbocycles. The molecule has 0 unspecified atom stereocenters. The molecule has 2 nitrogen and oxygen atoms in total. The van der Waals surface area contributed by atoms with Gasteiger partial charge in [-0.25, -0.2) is 0 Å². The van der Waals surface area contributed by atoms with E-state index in [9.17, 15) is 9.59 Å². The van der Waals surface area contributed by atoms with Crippen molar-refractivity contribution in [2.24, 2.45) is 0 Å². The minimum atomic E-state index is -0.0302. The Morgan fingerprint density at radius 3 is 2.12 bits per heavy atom. The fourth-order valence-electron chi connectivity index (χ4n) is 0.340. The molecule has 0 aliphatic carbocycles. The molecular weight excluding hydrogens is 211 g/mol. The van der Waals surface area contributed by atoms with E-state index in [1.54, 1.807) is 0 Å². The first kappa shape index (κ1) is 8.14. The molecular formula is C5H7O2Sn. The van der Waals surface area contributed by atoms with Gasteiger partial charge >= 0.3 is 61.5 Å². The summed E-state index contributed by atoms with van der Waals surface area (Å²) in [5.74, 6) is 0.0353. The summed E-state index contributed by atoms with van der Waals surface area (Å²) in [6, 6.07) is 0. The standard InChI is InChI=1S/C5H7O2.Sn/c1-4(6)3-5(2)7;/h1,3H2,2H3;. The van der Waals surface area contributed by atoms with Crippen LogP contribution in [-0.4, -0.2) is 34.1 Å². The summed E-state index contributed by atoms with van der Waals surface area (Å²) in [4.78, 5) is 20.6. The van der Waals surface area contributed by atoms with Crippen LogP contribution in [0.5, 0.6) is 0 Å². The number of hydrogen-bond acceptors (Lipinski definition) is 2. The van der Waals surface area contributed by atoms with Gasteiger partial charge in [0, 0.05) is 0 Å². The van der Waals surface area contributed by atoms with Gasteiger partial charge in [-0.1, -0.05) is 0 Å². The van der Waals surface area contributed by atoms with Crippen LogP contribution in [0.1, 0.15) is 13.3 Å². The zero-order valence-electron chi connectivity index (χ0n) is 4.73. The van der Waals surface area contributed by atoms with Crippen molar-refractivity contribution in [3.8, 4) is 0 Å². The van der Waals surface area contributed by atoms with Gasteiger partial charge in [0.05, 0.1) is 0 Å². The van der Waals surface area contributed by atoms with E-state index in [4.69, 9.17) is 0 Å². The van der Waals surface area contributed by atoms with E-state index < -0.39 is 0 Å². The normalized spacial score (nSPS) is 8.75. The monoisotopic (exact) mass is 219 g/mol. The van der Waals surface area contributed by atoms with Crippen molar-refractivity contribution in [1.82, 2.24) is 0 Å². The molecule has 0 heterocycles. The summed E-state index contributed by atoms with van der Waals surface area (Å²) in [7, 11) is 0.